The number of phenolic OH excluding ortho intramolecular Hbond substituents is 1. The Hall–Kier alpha value is -3.07. The lowest BCUT2D eigenvalue weighted by Gasteiger charge is -2.16. The second-order valence-electron chi connectivity index (χ2n) is 6.18. The van der Waals surface area contributed by atoms with Crippen LogP contribution < -0.4 is 5.32 Å². The minimum Gasteiger partial charge on any atom is -0.508 e. The third-order valence-corrected chi connectivity index (χ3v) is 4.04. The highest BCUT2D eigenvalue weighted by Crippen LogP contribution is 2.29. The molecular weight excluding hydrogens is 391 g/mol. The van der Waals surface area contributed by atoms with E-state index >= 15 is 0 Å². The molecular formula is C20H20F3NO5. The first-order chi connectivity index (χ1) is 13.7. The number of benzene rings is 2. The van der Waals surface area contributed by atoms with Crippen molar-refractivity contribution in [2.24, 2.45) is 0 Å². The van der Waals surface area contributed by atoms with Crippen LogP contribution in [0, 0.1) is 0 Å². The number of methoxy groups -OCH3 is 1. The molecule has 0 aromatic heterocycles. The fraction of sp³-hybridized carbons (Fsp3) is 0.300. The number of aromatic hydroxyl groups is 1. The Morgan fingerprint density at radius 2 is 1.62 bits per heavy atom. The standard InChI is InChI=1S/C20H20F3NO5/c1-28-19(27)17(10-13-4-8-16(25)9-5-13)24-11-18(26)29-12-14-2-6-15(7-3-14)20(21,22)23/h2-9,17,24-25H,10-12H2,1H3/t17-/m0/s1. The maximum Gasteiger partial charge on any atom is 0.416 e. The molecule has 29 heavy (non-hydrogen) atoms. The number of phenols is 1. The Morgan fingerprint density at radius 1 is 1.03 bits per heavy atom. The van der Waals surface area contributed by atoms with Crippen molar-refractivity contribution in [3.8, 4) is 5.75 Å². The third-order valence-electron chi connectivity index (χ3n) is 4.04. The van der Waals surface area contributed by atoms with Crippen LogP contribution in [0.15, 0.2) is 48.5 Å². The molecule has 0 fully saturated rings. The molecule has 156 valence electrons. The van der Waals surface area contributed by atoms with Gasteiger partial charge in [-0.3, -0.25) is 14.9 Å². The van der Waals surface area contributed by atoms with Gasteiger partial charge in [-0.05, 0) is 41.8 Å². The molecule has 0 saturated heterocycles. The molecule has 0 amide bonds. The fourth-order valence-electron chi connectivity index (χ4n) is 2.46. The predicted molar refractivity (Wildman–Crippen MR) is 96.9 cm³/mol. The Kier molecular flexibility index (Phi) is 7.60. The number of carbonyl (C=O) groups excluding carboxylic acids is 2. The van der Waals surface area contributed by atoms with Crippen molar-refractivity contribution in [3.05, 3.63) is 65.2 Å². The van der Waals surface area contributed by atoms with Gasteiger partial charge in [-0.1, -0.05) is 24.3 Å². The third kappa shape index (κ3) is 7.11. The summed E-state index contributed by atoms with van der Waals surface area (Å²) < 4.78 is 47.3. The van der Waals surface area contributed by atoms with Gasteiger partial charge in [-0.25, -0.2) is 0 Å². The number of ether oxygens (including phenoxy) is 2. The molecule has 0 aliphatic carbocycles. The summed E-state index contributed by atoms with van der Waals surface area (Å²) in [6, 6.07) is 9.68. The topological polar surface area (TPSA) is 84.9 Å². The van der Waals surface area contributed by atoms with E-state index in [4.69, 9.17) is 9.47 Å². The number of nitrogens with one attached hydrogen (secondary N) is 1. The summed E-state index contributed by atoms with van der Waals surface area (Å²) in [6.45, 7) is -0.488. The van der Waals surface area contributed by atoms with E-state index in [1.165, 1.54) is 31.4 Å². The minimum atomic E-state index is -4.43. The Bertz CT molecular complexity index is 820. The van der Waals surface area contributed by atoms with Crippen LogP contribution in [0.1, 0.15) is 16.7 Å². The van der Waals surface area contributed by atoms with Crippen LogP contribution in [0.25, 0.3) is 0 Å². The average Bonchev–Trinajstić information content (AvgIpc) is 2.70. The molecule has 2 aromatic carbocycles. The van der Waals surface area contributed by atoms with Crippen molar-refractivity contribution < 1.29 is 37.3 Å². The van der Waals surface area contributed by atoms with Gasteiger partial charge in [-0.2, -0.15) is 13.2 Å². The number of esters is 2. The van der Waals surface area contributed by atoms with Crippen molar-refractivity contribution in [1.29, 1.82) is 0 Å². The first-order valence-corrected chi connectivity index (χ1v) is 8.60. The monoisotopic (exact) mass is 411 g/mol. The highest BCUT2D eigenvalue weighted by molar-refractivity contribution is 5.78. The van der Waals surface area contributed by atoms with E-state index in [1.807, 2.05) is 0 Å². The lowest BCUT2D eigenvalue weighted by atomic mass is 10.1. The van der Waals surface area contributed by atoms with Crippen molar-refractivity contribution in [1.82, 2.24) is 5.32 Å². The summed E-state index contributed by atoms with van der Waals surface area (Å²) in [7, 11) is 1.22. The van der Waals surface area contributed by atoms with Gasteiger partial charge in [-0.15, -0.1) is 0 Å². The molecule has 0 bridgehead atoms. The lowest BCUT2D eigenvalue weighted by molar-refractivity contribution is -0.146. The van der Waals surface area contributed by atoms with Gasteiger partial charge >= 0.3 is 18.1 Å². The van der Waals surface area contributed by atoms with Crippen LogP contribution in [0.4, 0.5) is 13.2 Å². The summed E-state index contributed by atoms with van der Waals surface area (Å²) in [4.78, 5) is 23.8. The summed E-state index contributed by atoms with van der Waals surface area (Å²) >= 11 is 0. The van der Waals surface area contributed by atoms with Crippen molar-refractivity contribution in [3.63, 3.8) is 0 Å². The van der Waals surface area contributed by atoms with E-state index in [0.29, 0.717) is 5.56 Å². The largest absolute Gasteiger partial charge is 0.508 e. The second-order valence-corrected chi connectivity index (χ2v) is 6.18. The SMILES string of the molecule is COC(=O)[C@H](Cc1ccc(O)cc1)NCC(=O)OCc1ccc(C(F)(F)F)cc1. The quantitative estimate of drug-likeness (QED) is 0.650. The van der Waals surface area contributed by atoms with Crippen LogP contribution in [0.2, 0.25) is 0 Å². The van der Waals surface area contributed by atoms with E-state index in [-0.39, 0.29) is 25.3 Å². The van der Waals surface area contributed by atoms with Gasteiger partial charge in [0.25, 0.3) is 0 Å². The first kappa shape index (κ1) is 22.2. The first-order valence-electron chi connectivity index (χ1n) is 8.60. The molecule has 9 heteroatoms. The van der Waals surface area contributed by atoms with E-state index in [1.54, 1.807) is 12.1 Å². The lowest BCUT2D eigenvalue weighted by Crippen LogP contribution is -2.42. The van der Waals surface area contributed by atoms with Gasteiger partial charge in [0.1, 0.15) is 18.4 Å². The zero-order valence-corrected chi connectivity index (χ0v) is 15.5. The average molecular weight is 411 g/mol. The normalized spacial score (nSPS) is 12.3. The van der Waals surface area contributed by atoms with Gasteiger partial charge < -0.3 is 14.6 Å². The molecule has 2 aromatic rings. The molecule has 0 aliphatic heterocycles. The molecule has 1 atom stereocenters. The molecule has 2 rings (SSSR count). The molecule has 0 radical (unpaired) electrons. The summed E-state index contributed by atoms with van der Waals surface area (Å²) in [6.07, 6.45) is -4.21. The number of alkyl halides is 3. The Labute approximate surface area is 165 Å². The molecule has 6 nitrogen and oxygen atoms in total. The van der Waals surface area contributed by atoms with Gasteiger partial charge in [0.05, 0.1) is 19.2 Å². The summed E-state index contributed by atoms with van der Waals surface area (Å²) in [5, 5.41) is 12.0. The molecule has 2 N–H and O–H groups in total. The van der Waals surface area contributed by atoms with E-state index in [0.717, 1.165) is 17.7 Å². The van der Waals surface area contributed by atoms with Crippen molar-refractivity contribution in [2.75, 3.05) is 13.7 Å². The van der Waals surface area contributed by atoms with Crippen LogP contribution >= 0.6 is 0 Å². The smallest absolute Gasteiger partial charge is 0.416 e. The summed E-state index contributed by atoms with van der Waals surface area (Å²) in [5.41, 5.74) is 0.355. The van der Waals surface area contributed by atoms with Gasteiger partial charge in [0.15, 0.2) is 0 Å². The molecule has 0 aliphatic rings. The highest BCUT2D eigenvalue weighted by atomic mass is 19.4. The molecule has 0 saturated carbocycles. The second kappa shape index (κ2) is 9.92. The van der Waals surface area contributed by atoms with E-state index in [9.17, 15) is 27.9 Å². The summed E-state index contributed by atoms with van der Waals surface area (Å²) in [5.74, 6) is -1.17. The number of halogens is 3. The van der Waals surface area contributed by atoms with Crippen LogP contribution in [-0.4, -0.2) is 36.7 Å². The maximum atomic E-state index is 12.5. The minimum absolute atomic E-state index is 0.0863. The predicted octanol–water partition coefficient (Wildman–Crippen LogP) is 2.83. The van der Waals surface area contributed by atoms with E-state index < -0.39 is 29.7 Å². The number of rotatable bonds is 8. The molecule has 0 unspecified atom stereocenters. The highest BCUT2D eigenvalue weighted by Gasteiger charge is 2.30. The fourth-order valence-corrected chi connectivity index (χ4v) is 2.46. The Balaban J connectivity index is 1.86. The van der Waals surface area contributed by atoms with Gasteiger partial charge in [0, 0.05) is 0 Å². The number of hydrogen-bond donors (Lipinski definition) is 2. The van der Waals surface area contributed by atoms with Crippen molar-refractivity contribution >= 4 is 11.9 Å². The maximum absolute atomic E-state index is 12.5. The van der Waals surface area contributed by atoms with Gasteiger partial charge in [0.2, 0.25) is 0 Å². The van der Waals surface area contributed by atoms with E-state index in [2.05, 4.69) is 5.32 Å². The number of hydrogen-bond acceptors (Lipinski definition) is 6. The van der Waals surface area contributed by atoms with Crippen LogP contribution in [0.3, 0.4) is 0 Å². The zero-order valence-electron chi connectivity index (χ0n) is 15.5. The van der Waals surface area contributed by atoms with Crippen LogP contribution in [0.5, 0.6) is 5.75 Å². The Morgan fingerprint density at radius 3 is 2.17 bits per heavy atom. The molecule has 0 heterocycles. The molecule has 0 spiro atoms. The zero-order chi connectivity index (χ0) is 21.4. The number of carbonyl (C=O) groups is 2. The van der Waals surface area contributed by atoms with Crippen LogP contribution in [-0.2, 0) is 38.3 Å². The van der Waals surface area contributed by atoms with Crippen molar-refractivity contribution in [2.45, 2.75) is 25.2 Å².